The smallest absolute Gasteiger partial charge is 0.358 e. The second-order valence-corrected chi connectivity index (χ2v) is 12.5. The second-order valence-electron chi connectivity index (χ2n) is 5.97. The number of nitrogens with zero attached hydrogens (tertiary/aromatic N) is 6. The minimum atomic E-state index is -0.596. The summed E-state index contributed by atoms with van der Waals surface area (Å²) in [5.41, 5.74) is 0. The van der Waals surface area contributed by atoms with E-state index in [1.165, 1.54) is 0 Å². The maximum atomic E-state index is 2.27. The third kappa shape index (κ3) is 16.5. The number of hydrogen-bond acceptors (Lipinski definition) is 6. The SMILES string of the molecule is CN(C)[PH+](N(C)C)N(C)C.CN(C)[PH+](N(C)C)N(C)C.[CH3-].[CH3-].[Pt+2]. The fourth-order valence-corrected chi connectivity index (χ4v) is 7.20. The van der Waals surface area contributed by atoms with E-state index < -0.39 is 16.7 Å². The molecule has 0 fully saturated rings. The largest absolute Gasteiger partial charge is 2.00 e. The second kappa shape index (κ2) is 18.1. The van der Waals surface area contributed by atoms with Crippen molar-refractivity contribution in [2.75, 3.05) is 84.6 Å². The van der Waals surface area contributed by atoms with Crippen LogP contribution in [0.3, 0.4) is 0 Å². The number of hydrogen-bond donors (Lipinski definition) is 0. The van der Waals surface area contributed by atoms with Crippen LogP contribution in [0.15, 0.2) is 0 Å². The van der Waals surface area contributed by atoms with Crippen molar-refractivity contribution in [1.82, 2.24) is 28.0 Å². The molecule has 0 saturated carbocycles. The average Bonchev–Trinajstić information content (AvgIpc) is 2.12. The van der Waals surface area contributed by atoms with Crippen molar-refractivity contribution >= 4 is 16.7 Å². The molecule has 0 spiro atoms. The van der Waals surface area contributed by atoms with Crippen LogP contribution in [0.1, 0.15) is 0 Å². The fourth-order valence-electron chi connectivity index (χ4n) is 2.40. The van der Waals surface area contributed by atoms with Crippen LogP contribution in [-0.2, 0) is 21.1 Å². The molecular weight excluding hydrogens is 509 g/mol. The molecule has 0 N–H and O–H groups in total. The first-order valence-electron chi connectivity index (χ1n) is 6.71. The van der Waals surface area contributed by atoms with Gasteiger partial charge in [0.1, 0.15) is 0 Å². The summed E-state index contributed by atoms with van der Waals surface area (Å²) >= 11 is 0. The van der Waals surface area contributed by atoms with Crippen LogP contribution >= 0.6 is 16.7 Å². The minimum Gasteiger partial charge on any atom is -0.358 e. The van der Waals surface area contributed by atoms with E-state index in [2.05, 4.69) is 113 Å². The van der Waals surface area contributed by atoms with E-state index in [-0.39, 0.29) is 35.9 Å². The zero-order valence-electron chi connectivity index (χ0n) is 18.0. The van der Waals surface area contributed by atoms with Gasteiger partial charge in [-0.05, 0) is 0 Å². The molecule has 0 aliphatic heterocycles. The molecule has 9 heteroatoms. The molecule has 0 aliphatic carbocycles. The topological polar surface area (TPSA) is 19.4 Å². The molecule has 0 atom stereocenters. The summed E-state index contributed by atoms with van der Waals surface area (Å²) < 4.78 is 13.6. The van der Waals surface area contributed by atoms with Crippen molar-refractivity contribution < 1.29 is 21.1 Å². The normalized spacial score (nSPS) is 11.0. The predicted molar refractivity (Wildman–Crippen MR) is 112 cm³/mol. The Hall–Kier alpha value is 1.31. The Morgan fingerprint density at radius 2 is 0.435 bits per heavy atom. The van der Waals surface area contributed by atoms with Gasteiger partial charge in [-0.15, -0.1) is 0 Å². The van der Waals surface area contributed by atoms with Crippen molar-refractivity contribution in [3.8, 4) is 0 Å². The van der Waals surface area contributed by atoms with E-state index in [0.717, 1.165) is 0 Å². The van der Waals surface area contributed by atoms with E-state index >= 15 is 0 Å². The van der Waals surface area contributed by atoms with Gasteiger partial charge in [-0.25, -0.2) is 0 Å². The maximum Gasteiger partial charge on any atom is 2.00 e. The van der Waals surface area contributed by atoms with Gasteiger partial charge in [0.2, 0.25) is 16.7 Å². The molecule has 0 radical (unpaired) electrons. The van der Waals surface area contributed by atoms with E-state index in [1.54, 1.807) is 0 Å². The molecule has 148 valence electrons. The Balaban J connectivity index is -0.0000000831. The van der Waals surface area contributed by atoms with E-state index in [0.29, 0.717) is 0 Å². The van der Waals surface area contributed by atoms with Gasteiger partial charge in [0, 0.05) is 84.6 Å². The van der Waals surface area contributed by atoms with Crippen LogP contribution in [-0.4, -0.2) is 113 Å². The molecule has 0 amide bonds. The van der Waals surface area contributed by atoms with Crippen LogP contribution in [0.4, 0.5) is 0 Å². The van der Waals surface area contributed by atoms with E-state index in [1.807, 2.05) is 0 Å². The Labute approximate surface area is 165 Å². The van der Waals surface area contributed by atoms with Crippen LogP contribution < -0.4 is 0 Å². The first-order valence-corrected chi connectivity index (χ1v) is 9.39. The quantitative estimate of drug-likeness (QED) is 0.369. The summed E-state index contributed by atoms with van der Waals surface area (Å²) in [7, 11) is 24.2. The van der Waals surface area contributed by atoms with E-state index in [9.17, 15) is 0 Å². The Morgan fingerprint density at radius 1 is 0.348 bits per heavy atom. The van der Waals surface area contributed by atoms with Crippen molar-refractivity contribution in [2.24, 2.45) is 0 Å². The van der Waals surface area contributed by atoms with Gasteiger partial charge in [0.25, 0.3) is 0 Å². The standard InChI is InChI=1S/2C6H18N3P.2CH3.Pt/c2*1-7(2)10(8(3)4)9(5)6;;;/h2*1-6H3;2*1H3;/q;;2*-1;+2/p+2. The average molecular weight is 554 g/mol. The molecule has 0 aliphatic rings. The molecule has 6 nitrogen and oxygen atoms in total. The zero-order valence-corrected chi connectivity index (χ0v) is 22.3. The van der Waals surface area contributed by atoms with Crippen molar-refractivity contribution in [3.05, 3.63) is 14.9 Å². The van der Waals surface area contributed by atoms with Crippen LogP contribution in [0.25, 0.3) is 0 Å². The molecule has 0 rings (SSSR count). The summed E-state index contributed by atoms with van der Waals surface area (Å²) in [6, 6.07) is 0. The zero-order chi connectivity index (χ0) is 16.6. The molecule has 0 aromatic heterocycles. The molecule has 0 saturated heterocycles. The molecule has 0 unspecified atom stereocenters. The first-order chi connectivity index (χ1) is 8.93. The molecular formula is C14H44N6P2Pt+2. The van der Waals surface area contributed by atoms with Gasteiger partial charge in [-0.1, -0.05) is 0 Å². The van der Waals surface area contributed by atoms with Crippen molar-refractivity contribution in [3.63, 3.8) is 0 Å². The summed E-state index contributed by atoms with van der Waals surface area (Å²) in [4.78, 5) is 0. The third-order valence-electron chi connectivity index (χ3n) is 2.40. The summed E-state index contributed by atoms with van der Waals surface area (Å²) in [6.45, 7) is 0. The molecule has 0 bridgehead atoms. The fraction of sp³-hybridized carbons (Fsp3) is 0.857. The summed E-state index contributed by atoms with van der Waals surface area (Å²) in [5.74, 6) is 0. The van der Waals surface area contributed by atoms with E-state index in [4.69, 9.17) is 0 Å². The van der Waals surface area contributed by atoms with Crippen LogP contribution in [0.2, 0.25) is 0 Å². The van der Waals surface area contributed by atoms with Crippen LogP contribution in [0.5, 0.6) is 0 Å². The van der Waals surface area contributed by atoms with Crippen molar-refractivity contribution in [2.45, 2.75) is 0 Å². The van der Waals surface area contributed by atoms with Gasteiger partial charge < -0.3 is 14.9 Å². The van der Waals surface area contributed by atoms with Gasteiger partial charge in [0.05, 0.1) is 0 Å². The Morgan fingerprint density at radius 3 is 0.435 bits per heavy atom. The Bertz CT molecular complexity index is 179. The van der Waals surface area contributed by atoms with Gasteiger partial charge in [-0.3, -0.25) is 0 Å². The van der Waals surface area contributed by atoms with Gasteiger partial charge >= 0.3 is 21.1 Å². The van der Waals surface area contributed by atoms with Gasteiger partial charge in [-0.2, -0.15) is 28.0 Å². The predicted octanol–water partition coefficient (Wildman–Crippen LogP) is 2.16. The number of rotatable bonds is 6. The maximum absolute atomic E-state index is 2.27. The first kappa shape index (κ1) is 35.4. The molecule has 23 heavy (non-hydrogen) atoms. The minimum absolute atomic E-state index is 0. The summed E-state index contributed by atoms with van der Waals surface area (Å²) in [5, 5.41) is 0. The Kier molecular flexibility index (Phi) is 27.9. The third-order valence-corrected chi connectivity index (χ3v) is 7.20. The van der Waals surface area contributed by atoms with Gasteiger partial charge in [0.15, 0.2) is 0 Å². The van der Waals surface area contributed by atoms with Crippen LogP contribution in [0, 0.1) is 14.9 Å². The summed E-state index contributed by atoms with van der Waals surface area (Å²) in [6.07, 6.45) is 0. The molecule has 0 heterocycles. The monoisotopic (exact) mass is 553 g/mol. The molecule has 0 aromatic rings. The van der Waals surface area contributed by atoms with Crippen molar-refractivity contribution in [1.29, 1.82) is 0 Å². The molecule has 0 aromatic carbocycles.